The van der Waals surface area contributed by atoms with Crippen LogP contribution in [0.3, 0.4) is 0 Å². The molecule has 96 valence electrons. The molecular formula is C16H14ClNO. The fraction of sp³-hybridized carbons (Fsp3) is 0.0625. The Morgan fingerprint density at radius 1 is 1.11 bits per heavy atom. The monoisotopic (exact) mass is 271 g/mol. The first-order valence-corrected chi connectivity index (χ1v) is 6.34. The number of rotatable bonds is 3. The van der Waals surface area contributed by atoms with Crippen molar-refractivity contribution in [3.63, 3.8) is 0 Å². The molecule has 1 N–H and O–H groups in total. The minimum absolute atomic E-state index is 0.198. The van der Waals surface area contributed by atoms with Crippen LogP contribution in [0.2, 0.25) is 5.02 Å². The summed E-state index contributed by atoms with van der Waals surface area (Å²) >= 11 is 5.97. The zero-order chi connectivity index (χ0) is 13.7. The van der Waals surface area contributed by atoms with Gasteiger partial charge in [-0.25, -0.2) is 0 Å². The minimum atomic E-state index is -0.198. The number of para-hydroxylation sites is 1. The number of amides is 1. The highest BCUT2D eigenvalue weighted by atomic mass is 35.5. The number of carbonyl (C=O) groups excluding carboxylic acids is 1. The molecule has 0 aliphatic heterocycles. The van der Waals surface area contributed by atoms with Gasteiger partial charge in [0, 0.05) is 6.08 Å². The van der Waals surface area contributed by atoms with E-state index in [9.17, 15) is 4.79 Å². The van der Waals surface area contributed by atoms with E-state index in [1.807, 2.05) is 43.3 Å². The number of halogens is 1. The predicted molar refractivity (Wildman–Crippen MR) is 80.3 cm³/mol. The molecule has 0 radical (unpaired) electrons. The van der Waals surface area contributed by atoms with Gasteiger partial charge in [-0.2, -0.15) is 0 Å². The summed E-state index contributed by atoms with van der Waals surface area (Å²) in [6, 6.07) is 15.0. The topological polar surface area (TPSA) is 29.1 Å². The zero-order valence-corrected chi connectivity index (χ0v) is 11.3. The predicted octanol–water partition coefficient (Wildman–Crippen LogP) is 4.30. The van der Waals surface area contributed by atoms with Crippen LogP contribution in [0, 0.1) is 6.92 Å². The summed E-state index contributed by atoms with van der Waals surface area (Å²) in [5.41, 5.74) is 2.77. The quantitative estimate of drug-likeness (QED) is 0.829. The number of aryl methyl sites for hydroxylation is 1. The van der Waals surface area contributed by atoms with Gasteiger partial charge in [-0.15, -0.1) is 0 Å². The molecule has 2 nitrogen and oxygen atoms in total. The first-order valence-electron chi connectivity index (χ1n) is 5.96. The number of carbonyl (C=O) groups is 1. The molecule has 0 spiro atoms. The minimum Gasteiger partial charge on any atom is -0.321 e. The Labute approximate surface area is 117 Å². The molecule has 0 saturated heterocycles. The number of nitrogens with one attached hydrogen (secondary N) is 1. The summed E-state index contributed by atoms with van der Waals surface area (Å²) < 4.78 is 0. The van der Waals surface area contributed by atoms with Crippen molar-refractivity contribution in [3.8, 4) is 0 Å². The summed E-state index contributed by atoms with van der Waals surface area (Å²) in [6.45, 7) is 2.01. The molecule has 0 aliphatic carbocycles. The van der Waals surface area contributed by atoms with E-state index >= 15 is 0 Å². The maximum atomic E-state index is 11.8. The molecule has 0 unspecified atom stereocenters. The first-order chi connectivity index (χ1) is 9.16. The Balaban J connectivity index is 2.06. The second-order valence-electron chi connectivity index (χ2n) is 4.16. The number of anilines is 1. The third-order valence-electron chi connectivity index (χ3n) is 2.73. The van der Waals surface area contributed by atoms with Gasteiger partial charge in [0.1, 0.15) is 0 Å². The Morgan fingerprint density at radius 3 is 2.53 bits per heavy atom. The van der Waals surface area contributed by atoms with Gasteiger partial charge in [0.05, 0.1) is 10.7 Å². The molecule has 0 atom stereocenters. The molecule has 19 heavy (non-hydrogen) atoms. The van der Waals surface area contributed by atoms with Crippen LogP contribution >= 0.6 is 11.6 Å². The van der Waals surface area contributed by atoms with Gasteiger partial charge < -0.3 is 5.32 Å². The van der Waals surface area contributed by atoms with Crippen molar-refractivity contribution in [2.24, 2.45) is 0 Å². The average Bonchev–Trinajstić information content (AvgIpc) is 2.40. The van der Waals surface area contributed by atoms with E-state index in [0.29, 0.717) is 10.7 Å². The molecule has 0 aliphatic rings. The van der Waals surface area contributed by atoms with Crippen molar-refractivity contribution >= 4 is 29.3 Å². The van der Waals surface area contributed by atoms with Gasteiger partial charge in [-0.05, 0) is 36.3 Å². The molecule has 0 heterocycles. The van der Waals surface area contributed by atoms with E-state index in [4.69, 9.17) is 11.6 Å². The maximum Gasteiger partial charge on any atom is 0.248 e. The van der Waals surface area contributed by atoms with Crippen LogP contribution in [-0.4, -0.2) is 5.91 Å². The van der Waals surface area contributed by atoms with Gasteiger partial charge in [-0.3, -0.25) is 4.79 Å². The number of hydrogen-bond donors (Lipinski definition) is 1. The Kier molecular flexibility index (Phi) is 4.37. The van der Waals surface area contributed by atoms with E-state index in [-0.39, 0.29) is 5.91 Å². The molecule has 0 saturated carbocycles. The van der Waals surface area contributed by atoms with E-state index in [2.05, 4.69) is 5.32 Å². The highest BCUT2D eigenvalue weighted by molar-refractivity contribution is 6.33. The molecule has 2 aromatic rings. The molecule has 2 aromatic carbocycles. The highest BCUT2D eigenvalue weighted by Gasteiger charge is 2.01. The van der Waals surface area contributed by atoms with E-state index in [0.717, 1.165) is 11.1 Å². The molecular weight excluding hydrogens is 258 g/mol. The zero-order valence-electron chi connectivity index (χ0n) is 10.6. The van der Waals surface area contributed by atoms with E-state index in [1.165, 1.54) is 6.08 Å². The molecule has 0 bridgehead atoms. The number of hydrogen-bond acceptors (Lipinski definition) is 1. The summed E-state index contributed by atoms with van der Waals surface area (Å²) in [5.74, 6) is -0.198. The van der Waals surface area contributed by atoms with Crippen LogP contribution < -0.4 is 5.32 Å². The van der Waals surface area contributed by atoms with Crippen molar-refractivity contribution < 1.29 is 4.79 Å². The average molecular weight is 272 g/mol. The first kappa shape index (κ1) is 13.4. The second-order valence-corrected chi connectivity index (χ2v) is 4.57. The van der Waals surface area contributed by atoms with Crippen LogP contribution in [0.1, 0.15) is 11.1 Å². The fourth-order valence-corrected chi connectivity index (χ4v) is 1.86. The lowest BCUT2D eigenvalue weighted by atomic mass is 10.1. The molecule has 0 aromatic heterocycles. The van der Waals surface area contributed by atoms with Gasteiger partial charge in [0.15, 0.2) is 0 Å². The van der Waals surface area contributed by atoms with Crippen LogP contribution in [0.5, 0.6) is 0 Å². The largest absolute Gasteiger partial charge is 0.321 e. The van der Waals surface area contributed by atoms with Crippen LogP contribution in [0.15, 0.2) is 54.6 Å². The Morgan fingerprint density at radius 2 is 1.79 bits per heavy atom. The molecule has 3 heteroatoms. The van der Waals surface area contributed by atoms with Crippen molar-refractivity contribution in [1.29, 1.82) is 0 Å². The summed E-state index contributed by atoms with van der Waals surface area (Å²) in [4.78, 5) is 11.8. The third kappa shape index (κ3) is 3.70. The smallest absolute Gasteiger partial charge is 0.248 e. The Hall–Kier alpha value is -2.06. The maximum absolute atomic E-state index is 11.8. The van der Waals surface area contributed by atoms with E-state index in [1.54, 1.807) is 18.2 Å². The normalized spacial score (nSPS) is 10.6. The molecule has 2 rings (SSSR count). The standard InChI is InChI=1S/C16H14ClNO/c1-12-6-2-3-7-13(12)10-11-16(19)18-15-9-5-4-8-14(15)17/h2-11H,1H3,(H,18,19)/b11-10+. The lowest BCUT2D eigenvalue weighted by Crippen LogP contribution is -2.07. The molecule has 1 amide bonds. The summed E-state index contributed by atoms with van der Waals surface area (Å²) in [5, 5.41) is 3.27. The lowest BCUT2D eigenvalue weighted by molar-refractivity contribution is -0.111. The second kappa shape index (κ2) is 6.21. The Bertz CT molecular complexity index is 620. The number of benzene rings is 2. The molecule has 0 fully saturated rings. The SMILES string of the molecule is Cc1ccccc1/C=C/C(=O)Nc1ccccc1Cl. The van der Waals surface area contributed by atoms with Crippen molar-refractivity contribution in [2.45, 2.75) is 6.92 Å². The lowest BCUT2D eigenvalue weighted by Gasteiger charge is -2.04. The van der Waals surface area contributed by atoms with Crippen LogP contribution in [0.25, 0.3) is 6.08 Å². The van der Waals surface area contributed by atoms with Gasteiger partial charge in [0.2, 0.25) is 5.91 Å². The van der Waals surface area contributed by atoms with Gasteiger partial charge in [0.25, 0.3) is 0 Å². The van der Waals surface area contributed by atoms with Crippen molar-refractivity contribution in [2.75, 3.05) is 5.32 Å². The van der Waals surface area contributed by atoms with Crippen LogP contribution in [-0.2, 0) is 4.79 Å². The summed E-state index contributed by atoms with van der Waals surface area (Å²) in [7, 11) is 0. The van der Waals surface area contributed by atoms with Crippen molar-refractivity contribution in [1.82, 2.24) is 0 Å². The third-order valence-corrected chi connectivity index (χ3v) is 3.06. The van der Waals surface area contributed by atoms with Crippen LogP contribution in [0.4, 0.5) is 5.69 Å². The highest BCUT2D eigenvalue weighted by Crippen LogP contribution is 2.20. The van der Waals surface area contributed by atoms with E-state index < -0.39 is 0 Å². The van der Waals surface area contributed by atoms with Crippen molar-refractivity contribution in [3.05, 3.63) is 70.8 Å². The van der Waals surface area contributed by atoms with Gasteiger partial charge in [-0.1, -0.05) is 48.0 Å². The van der Waals surface area contributed by atoms with Gasteiger partial charge >= 0.3 is 0 Å². The summed E-state index contributed by atoms with van der Waals surface area (Å²) in [6.07, 6.45) is 3.30. The fourth-order valence-electron chi connectivity index (χ4n) is 1.68.